The van der Waals surface area contributed by atoms with Gasteiger partial charge in [-0.3, -0.25) is 9.08 Å². The van der Waals surface area contributed by atoms with E-state index in [1.54, 1.807) is 34.6 Å². The van der Waals surface area contributed by atoms with Crippen molar-refractivity contribution in [2.45, 2.75) is 167 Å². The summed E-state index contributed by atoms with van der Waals surface area (Å²) in [6.45, 7) is 29.8. The van der Waals surface area contributed by atoms with Crippen molar-refractivity contribution in [2.24, 2.45) is 5.11 Å². The lowest BCUT2D eigenvalue weighted by molar-refractivity contribution is -0.172. The summed E-state index contributed by atoms with van der Waals surface area (Å²) >= 11 is 0. The van der Waals surface area contributed by atoms with Crippen LogP contribution in [0, 0.1) is 0 Å². The highest BCUT2D eigenvalue weighted by atomic mass is 32.2. The van der Waals surface area contributed by atoms with Crippen molar-refractivity contribution in [3.8, 4) is 0 Å². The number of hydrogen-bond acceptors (Lipinski definition) is 10. The van der Waals surface area contributed by atoms with Gasteiger partial charge in [0.25, 0.3) is 10.1 Å². The molecule has 0 radical (unpaired) electrons. The number of carbonyl (C=O) groups is 1. The maximum atomic E-state index is 14.1. The summed E-state index contributed by atoms with van der Waals surface area (Å²) in [7, 11) is -8.80. The summed E-state index contributed by atoms with van der Waals surface area (Å²) in [6, 6.07) is -1.53. The van der Waals surface area contributed by atoms with Crippen molar-refractivity contribution < 1.29 is 40.5 Å². The van der Waals surface area contributed by atoms with E-state index in [9.17, 15) is 18.7 Å². The monoisotopic (exact) mass is 708 g/mol. The summed E-state index contributed by atoms with van der Waals surface area (Å²) in [5.74, 6) is -1.00. The fourth-order valence-electron chi connectivity index (χ4n) is 5.16. The molecule has 46 heavy (non-hydrogen) atoms. The maximum absolute atomic E-state index is 14.1. The minimum Gasteiger partial charge on any atom is -0.444 e. The molecule has 2 aliphatic rings. The lowest BCUT2D eigenvalue weighted by atomic mass is 9.99. The summed E-state index contributed by atoms with van der Waals surface area (Å²) < 4.78 is 63.2. The highest BCUT2D eigenvalue weighted by molar-refractivity contribution is 7.86. The molecule has 268 valence electrons. The van der Waals surface area contributed by atoms with Gasteiger partial charge >= 0.3 is 6.09 Å². The fourth-order valence-corrected chi connectivity index (χ4v) is 8.17. The molecule has 2 fully saturated rings. The Balaban J connectivity index is 2.77. The lowest BCUT2D eigenvalue weighted by Gasteiger charge is -2.45. The van der Waals surface area contributed by atoms with Crippen molar-refractivity contribution in [1.29, 1.82) is 0 Å². The van der Waals surface area contributed by atoms with E-state index in [4.69, 9.17) is 27.2 Å². The number of hydrogen-bond donors (Lipinski definition) is 0. The quantitative estimate of drug-likeness (QED) is 0.0687. The average Bonchev–Trinajstić information content (AvgIpc) is 3.27. The summed E-state index contributed by atoms with van der Waals surface area (Å²) in [6.07, 6.45) is -2.64. The van der Waals surface area contributed by atoms with Gasteiger partial charge in [-0.15, -0.1) is 0 Å². The van der Waals surface area contributed by atoms with E-state index in [1.807, 2.05) is 0 Å². The van der Waals surface area contributed by atoms with E-state index < -0.39 is 80.7 Å². The van der Waals surface area contributed by atoms with Crippen LogP contribution in [0.5, 0.6) is 0 Å². The van der Waals surface area contributed by atoms with Crippen LogP contribution >= 0.6 is 0 Å². The average molecular weight is 709 g/mol. The Morgan fingerprint density at radius 1 is 0.978 bits per heavy atom. The first kappa shape index (κ1) is 40.9. The zero-order valence-electron chi connectivity index (χ0n) is 31.0. The Bertz CT molecular complexity index is 1240. The topological polar surface area (TPSA) is 159 Å². The number of fused-ring (bicyclic) bond motifs is 1. The molecule has 0 aromatic heterocycles. The number of carbonyl (C=O) groups excluding carboxylic acids is 1. The number of azide groups is 1. The molecule has 0 N–H and O–H groups in total. The van der Waals surface area contributed by atoms with Gasteiger partial charge in [-0.25, -0.2) is 4.79 Å². The minimum absolute atomic E-state index is 0.0131. The van der Waals surface area contributed by atoms with Crippen LogP contribution in [0.15, 0.2) is 5.11 Å². The van der Waals surface area contributed by atoms with E-state index in [-0.39, 0.29) is 29.6 Å². The predicted molar refractivity (Wildman–Crippen MR) is 183 cm³/mol. The lowest BCUT2D eigenvalue weighted by Crippen LogP contribution is -2.58. The van der Waals surface area contributed by atoms with E-state index in [0.29, 0.717) is 0 Å². The molecule has 0 aromatic rings. The van der Waals surface area contributed by atoms with E-state index in [1.165, 1.54) is 4.90 Å². The minimum atomic E-state index is -3.91. The Morgan fingerprint density at radius 3 is 1.96 bits per heavy atom. The van der Waals surface area contributed by atoms with Gasteiger partial charge in [0.15, 0.2) is 22.4 Å². The maximum Gasteiger partial charge on any atom is 0.411 e. The molecule has 0 bridgehead atoms. The normalized spacial score (nSPS) is 25.5. The molecule has 0 unspecified atom stereocenters. The van der Waals surface area contributed by atoms with Crippen LogP contribution in [0.2, 0.25) is 36.3 Å². The molecule has 0 saturated carbocycles. The first-order valence-corrected chi connectivity index (χ1v) is 23.6. The number of ether oxygens (including phenoxy) is 3. The molecule has 0 aliphatic carbocycles. The summed E-state index contributed by atoms with van der Waals surface area (Å²) in [5.41, 5.74) is 8.42. The SMILES string of the molecule is CC(C)(C)OC(=O)N1[C@@H]([C@@H](C[C@H](CO[Si](C)(C)C(C)(C)C)OS(C)(=O)=O)O[Si](C)(C)C(C)(C)C)[C@H]2OC(C)(C)O[C@H]2[C@@H]1CN=[N+]=[N-]. The van der Waals surface area contributed by atoms with E-state index in [0.717, 1.165) is 6.26 Å². The van der Waals surface area contributed by atoms with Crippen LogP contribution in [-0.4, -0.2) is 103 Å². The van der Waals surface area contributed by atoms with Crippen LogP contribution in [0.4, 0.5) is 4.79 Å². The van der Waals surface area contributed by atoms with Gasteiger partial charge in [0.2, 0.25) is 0 Å². The second kappa shape index (κ2) is 13.9. The molecular weight excluding hydrogens is 649 g/mol. The summed E-state index contributed by atoms with van der Waals surface area (Å²) in [4.78, 5) is 18.5. The number of rotatable bonds is 12. The van der Waals surface area contributed by atoms with Gasteiger partial charge in [0.1, 0.15) is 23.9 Å². The Kier molecular flexibility index (Phi) is 12.4. The van der Waals surface area contributed by atoms with Gasteiger partial charge in [0.05, 0.1) is 31.1 Å². The van der Waals surface area contributed by atoms with Crippen LogP contribution < -0.4 is 0 Å². The molecule has 0 spiro atoms. The van der Waals surface area contributed by atoms with Gasteiger partial charge in [-0.05, 0) is 76.4 Å². The van der Waals surface area contributed by atoms with Gasteiger partial charge < -0.3 is 23.1 Å². The Labute approximate surface area is 279 Å². The molecule has 2 aliphatic heterocycles. The molecule has 2 saturated heterocycles. The molecule has 16 heteroatoms. The van der Waals surface area contributed by atoms with E-state index in [2.05, 4.69) is 77.8 Å². The van der Waals surface area contributed by atoms with Gasteiger partial charge in [-0.1, -0.05) is 46.7 Å². The van der Waals surface area contributed by atoms with Crippen molar-refractivity contribution in [1.82, 2.24) is 4.90 Å². The standard InChI is InChI=1S/C30H60N4O9SSi2/c1-27(2,3)41-26(35)34-21(18-32-33-31)24-25(40-30(10,11)39-24)23(34)22(43-46(15,16)29(7,8)9)17-20(42-44(12,36)37)19-38-45(13,14)28(4,5)6/h20-25H,17-19H2,1-16H3/t20-,21+,22-,23+,24+,25-/m1/s1. The van der Waals surface area contributed by atoms with Crippen LogP contribution in [0.1, 0.15) is 82.6 Å². The number of nitrogens with zero attached hydrogens (tertiary/aromatic N) is 4. The third-order valence-corrected chi connectivity index (χ3v) is 19.0. The van der Waals surface area contributed by atoms with Gasteiger partial charge in [-0.2, -0.15) is 8.42 Å². The highest BCUT2D eigenvalue weighted by Crippen LogP contribution is 2.46. The second-order valence-electron chi connectivity index (χ2n) is 17.1. The molecular formula is C30H60N4O9SSi2. The van der Waals surface area contributed by atoms with Gasteiger partial charge in [0, 0.05) is 17.9 Å². The number of likely N-dealkylation sites (tertiary alicyclic amines) is 1. The summed E-state index contributed by atoms with van der Waals surface area (Å²) in [5, 5.41) is 3.47. The molecule has 1 amide bonds. The zero-order valence-corrected chi connectivity index (χ0v) is 33.8. The zero-order chi connectivity index (χ0) is 35.9. The van der Waals surface area contributed by atoms with Crippen molar-refractivity contribution >= 4 is 32.8 Å². The Hall–Kier alpha value is -1.24. The first-order chi connectivity index (χ1) is 20.4. The molecule has 13 nitrogen and oxygen atoms in total. The van der Waals surface area contributed by atoms with Crippen molar-refractivity contribution in [2.75, 3.05) is 19.4 Å². The van der Waals surface area contributed by atoms with Crippen LogP contribution in [0.3, 0.4) is 0 Å². The molecule has 6 atom stereocenters. The third-order valence-electron chi connectivity index (χ3n) is 9.37. The second-order valence-corrected chi connectivity index (χ2v) is 28.2. The van der Waals surface area contributed by atoms with Crippen molar-refractivity contribution in [3.05, 3.63) is 10.4 Å². The molecule has 2 heterocycles. The number of amides is 1. The van der Waals surface area contributed by atoms with E-state index >= 15 is 0 Å². The third kappa shape index (κ3) is 10.6. The van der Waals surface area contributed by atoms with Crippen molar-refractivity contribution in [3.63, 3.8) is 0 Å². The van der Waals surface area contributed by atoms with Crippen LogP contribution in [0.25, 0.3) is 10.4 Å². The molecule has 2 rings (SSSR count). The molecule has 0 aromatic carbocycles. The fraction of sp³-hybridized carbons (Fsp3) is 0.967. The smallest absolute Gasteiger partial charge is 0.411 e. The highest BCUT2D eigenvalue weighted by Gasteiger charge is 2.62. The predicted octanol–water partition coefficient (Wildman–Crippen LogP) is 6.95. The largest absolute Gasteiger partial charge is 0.444 e. The van der Waals surface area contributed by atoms with Crippen LogP contribution in [-0.2, 0) is 37.4 Å². The Morgan fingerprint density at radius 2 is 1.50 bits per heavy atom. The first-order valence-electron chi connectivity index (χ1n) is 16.0.